The van der Waals surface area contributed by atoms with Gasteiger partial charge in [0.1, 0.15) is 23.4 Å². The Labute approximate surface area is 278 Å². The molecule has 0 aromatic rings. The van der Waals surface area contributed by atoms with Crippen LogP contribution in [0.4, 0.5) is 0 Å². The molecule has 6 aliphatic rings. The van der Waals surface area contributed by atoms with Crippen molar-refractivity contribution in [2.45, 2.75) is 171 Å². The average Bonchev–Trinajstić information content (AvgIpc) is 3.32. The zero-order valence-electron chi connectivity index (χ0n) is 28.9. The topological polar surface area (TPSA) is 177 Å². The number of methoxy groups -OCH3 is 2. The Morgan fingerprint density at radius 3 is 2.17 bits per heavy atom. The van der Waals surface area contributed by atoms with Gasteiger partial charge in [-0.3, -0.25) is 0 Å². The number of rotatable bonds is 7. The molecule has 0 spiro atoms. The predicted octanol–water partition coefficient (Wildman–Crippen LogP) is 1.55. The monoisotopic (exact) mass is 670 g/mol. The molecule has 2 heterocycles. The summed E-state index contributed by atoms with van der Waals surface area (Å²) in [6, 6.07) is 0. The van der Waals surface area contributed by atoms with Crippen molar-refractivity contribution in [3.05, 3.63) is 11.6 Å². The molecule has 47 heavy (non-hydrogen) atoms. The number of hydrogen-bond acceptors (Lipinski definition) is 12. The lowest BCUT2D eigenvalue weighted by Gasteiger charge is -2.68. The Kier molecular flexibility index (Phi) is 9.81. The molecule has 270 valence electrons. The second-order valence-electron chi connectivity index (χ2n) is 15.9. The van der Waals surface area contributed by atoms with Crippen molar-refractivity contribution >= 4 is 0 Å². The highest BCUT2D eigenvalue weighted by Gasteiger charge is 2.78. The van der Waals surface area contributed by atoms with Gasteiger partial charge in [0.25, 0.3) is 0 Å². The van der Waals surface area contributed by atoms with E-state index in [1.54, 1.807) is 35.0 Å². The van der Waals surface area contributed by atoms with E-state index in [-0.39, 0.29) is 31.2 Å². The first-order valence-corrected chi connectivity index (χ1v) is 17.6. The number of aliphatic hydroxyl groups is 6. The molecule has 6 N–H and O–H groups in total. The second-order valence-corrected chi connectivity index (χ2v) is 15.9. The molecule has 18 atom stereocenters. The van der Waals surface area contributed by atoms with E-state index in [1.807, 2.05) is 19.9 Å². The average molecular weight is 671 g/mol. The Balaban J connectivity index is 1.14. The summed E-state index contributed by atoms with van der Waals surface area (Å²) < 4.78 is 36.4. The number of ether oxygens (including phenoxy) is 6. The first-order valence-electron chi connectivity index (χ1n) is 17.6. The van der Waals surface area contributed by atoms with E-state index < -0.39 is 89.2 Å². The van der Waals surface area contributed by atoms with Crippen LogP contribution in [0.5, 0.6) is 0 Å². The van der Waals surface area contributed by atoms with Gasteiger partial charge in [0.05, 0.1) is 48.8 Å². The van der Waals surface area contributed by atoms with Crippen molar-refractivity contribution in [2.75, 3.05) is 14.2 Å². The summed E-state index contributed by atoms with van der Waals surface area (Å²) in [7, 11) is 3.20. The second kappa shape index (κ2) is 12.8. The molecule has 0 amide bonds. The van der Waals surface area contributed by atoms with Gasteiger partial charge >= 0.3 is 0 Å². The third-order valence-electron chi connectivity index (χ3n) is 13.6. The lowest BCUT2D eigenvalue weighted by Crippen LogP contribution is -2.79. The van der Waals surface area contributed by atoms with Crippen LogP contribution in [0.3, 0.4) is 0 Å². The molecular weight excluding hydrogens is 612 g/mol. The number of aliphatic hydroxyl groups excluding tert-OH is 4. The fourth-order valence-corrected chi connectivity index (χ4v) is 10.9. The molecule has 4 aliphatic carbocycles. The zero-order valence-corrected chi connectivity index (χ0v) is 28.9. The van der Waals surface area contributed by atoms with E-state index in [2.05, 4.69) is 0 Å². The van der Waals surface area contributed by atoms with Crippen molar-refractivity contribution in [2.24, 2.45) is 22.7 Å². The summed E-state index contributed by atoms with van der Waals surface area (Å²) in [5.41, 5.74) is -4.24. The molecule has 0 bridgehead atoms. The molecule has 5 fully saturated rings. The van der Waals surface area contributed by atoms with Crippen LogP contribution in [0, 0.1) is 22.7 Å². The molecule has 3 saturated carbocycles. The predicted molar refractivity (Wildman–Crippen MR) is 168 cm³/mol. The molecule has 0 aromatic carbocycles. The maximum Gasteiger partial charge on any atom is 0.161 e. The lowest BCUT2D eigenvalue weighted by atomic mass is 9.42. The van der Waals surface area contributed by atoms with Crippen LogP contribution < -0.4 is 0 Å². The van der Waals surface area contributed by atoms with Gasteiger partial charge in [0, 0.05) is 38.4 Å². The smallest absolute Gasteiger partial charge is 0.161 e. The Bertz CT molecular complexity index is 1170. The van der Waals surface area contributed by atoms with Gasteiger partial charge in [-0.05, 0) is 70.6 Å². The van der Waals surface area contributed by atoms with E-state index in [0.717, 1.165) is 5.57 Å². The first kappa shape index (κ1) is 36.1. The molecule has 2 aliphatic heterocycles. The third-order valence-corrected chi connectivity index (χ3v) is 13.6. The van der Waals surface area contributed by atoms with Crippen molar-refractivity contribution in [1.82, 2.24) is 0 Å². The quantitative estimate of drug-likeness (QED) is 0.216. The summed E-state index contributed by atoms with van der Waals surface area (Å²) in [6.45, 7) is 9.09. The lowest BCUT2D eigenvalue weighted by molar-refractivity contribution is -0.333. The Hall–Kier alpha value is -0.740. The zero-order chi connectivity index (χ0) is 34.3. The molecule has 12 nitrogen and oxygen atoms in total. The van der Waals surface area contributed by atoms with Gasteiger partial charge in [-0.15, -0.1) is 0 Å². The van der Waals surface area contributed by atoms with Gasteiger partial charge in [-0.2, -0.15) is 0 Å². The molecule has 0 aromatic heterocycles. The summed E-state index contributed by atoms with van der Waals surface area (Å²) in [5, 5.41) is 69.0. The van der Waals surface area contributed by atoms with Crippen LogP contribution in [0.25, 0.3) is 0 Å². The van der Waals surface area contributed by atoms with Gasteiger partial charge in [0.2, 0.25) is 0 Å². The minimum absolute atomic E-state index is 0.141. The first-order chi connectivity index (χ1) is 22.0. The summed E-state index contributed by atoms with van der Waals surface area (Å²) in [4.78, 5) is 0. The Morgan fingerprint density at radius 2 is 1.51 bits per heavy atom. The van der Waals surface area contributed by atoms with Gasteiger partial charge in [-0.25, -0.2) is 0 Å². The molecule has 2 saturated heterocycles. The summed E-state index contributed by atoms with van der Waals surface area (Å²) >= 11 is 0. The van der Waals surface area contributed by atoms with Crippen molar-refractivity contribution in [1.29, 1.82) is 0 Å². The number of hydrogen-bond donors (Lipinski definition) is 6. The molecular formula is C35H58O12. The molecule has 0 radical (unpaired) electrons. The van der Waals surface area contributed by atoms with E-state index in [4.69, 9.17) is 28.4 Å². The third kappa shape index (κ3) is 5.40. The van der Waals surface area contributed by atoms with Gasteiger partial charge < -0.3 is 59.1 Å². The highest BCUT2D eigenvalue weighted by Crippen LogP contribution is 2.69. The highest BCUT2D eigenvalue weighted by molar-refractivity contribution is 5.36. The highest BCUT2D eigenvalue weighted by atomic mass is 16.7. The number of fused-ring (bicyclic) bond motifs is 5. The van der Waals surface area contributed by atoms with Crippen molar-refractivity contribution < 1.29 is 59.1 Å². The van der Waals surface area contributed by atoms with Gasteiger partial charge in [0.15, 0.2) is 12.6 Å². The van der Waals surface area contributed by atoms with Crippen LogP contribution in [-0.2, 0) is 28.4 Å². The van der Waals surface area contributed by atoms with Crippen LogP contribution in [0.2, 0.25) is 0 Å². The maximum absolute atomic E-state index is 12.4. The normalized spacial score (nSPS) is 55.4. The summed E-state index contributed by atoms with van der Waals surface area (Å²) in [6.07, 6.45) is -1.92. The minimum Gasteiger partial charge on any atom is -0.393 e. The van der Waals surface area contributed by atoms with Crippen LogP contribution >= 0.6 is 0 Å². The van der Waals surface area contributed by atoms with E-state index in [9.17, 15) is 30.6 Å². The van der Waals surface area contributed by atoms with E-state index >= 15 is 0 Å². The van der Waals surface area contributed by atoms with Crippen LogP contribution in [-0.4, -0.2) is 130 Å². The van der Waals surface area contributed by atoms with Crippen molar-refractivity contribution in [3.8, 4) is 0 Å². The molecule has 12 heteroatoms. The molecule has 1 unspecified atom stereocenters. The van der Waals surface area contributed by atoms with E-state index in [1.165, 1.54) is 0 Å². The fraction of sp³-hybridized carbons (Fsp3) is 0.943. The van der Waals surface area contributed by atoms with Crippen LogP contribution in [0.15, 0.2) is 11.6 Å². The largest absolute Gasteiger partial charge is 0.393 e. The standard InChI is InChI=1S/C35H58O12/c1-17(36)22-10-13-35(41)33(22,5)31(39)28(38)30-32(4)11-9-21(14-20(32)8-12-34(30,35)40)46-25-16-24(43-7)29(19(3)45-25)47-26-15-23(42-6)27(37)18(2)44-26/h8,17-19,21-31,36-41H,9-16H2,1-7H3/t17-,18+,19+,21-,22+,23-,24-,25-,26-,27+,28?,29+,30+,31+,32-,33-,34-,35+/m0/s1. The van der Waals surface area contributed by atoms with Crippen LogP contribution in [0.1, 0.15) is 86.0 Å². The molecule has 6 rings (SSSR count). The van der Waals surface area contributed by atoms with Crippen molar-refractivity contribution in [3.63, 3.8) is 0 Å². The summed E-state index contributed by atoms with van der Waals surface area (Å²) in [5.74, 6) is -1.25. The minimum atomic E-state index is -1.67. The van der Waals surface area contributed by atoms with Gasteiger partial charge in [-0.1, -0.05) is 25.5 Å². The maximum atomic E-state index is 12.4. The van der Waals surface area contributed by atoms with E-state index in [0.29, 0.717) is 38.5 Å². The fourth-order valence-electron chi connectivity index (χ4n) is 10.9. The Morgan fingerprint density at radius 1 is 0.872 bits per heavy atom. The SMILES string of the molecule is CO[C@H]1C[C@H](O[C@H]2[C@@H](OC)C[C@H](O[C@H]3CC[C@@]4(C)C(=CC[C@]5(O)[C@@H]4C(O)[C@@H](O)[C@]4(C)[C@@H]([C@H](C)O)CC[C@@]45O)C3)O[C@@H]2C)O[C@H](C)[C@H]1O.